The SMILES string of the molecule is CS(=O)(=O)NCC1CCC(C(=O)O)O1. The first-order chi connectivity index (χ1) is 6.38. The van der Waals surface area contributed by atoms with Crippen molar-refractivity contribution in [2.45, 2.75) is 25.0 Å². The Morgan fingerprint density at radius 2 is 2.21 bits per heavy atom. The Bertz CT molecular complexity index is 312. The van der Waals surface area contributed by atoms with Crippen LogP contribution in [-0.2, 0) is 19.6 Å². The van der Waals surface area contributed by atoms with Crippen LogP contribution in [0.4, 0.5) is 0 Å². The normalized spacial score (nSPS) is 27.8. The van der Waals surface area contributed by atoms with Crippen LogP contribution < -0.4 is 4.72 Å². The van der Waals surface area contributed by atoms with Gasteiger partial charge in [0, 0.05) is 6.54 Å². The zero-order valence-corrected chi connectivity index (χ0v) is 8.58. The van der Waals surface area contributed by atoms with Crippen LogP contribution in [0.25, 0.3) is 0 Å². The first-order valence-electron chi connectivity index (χ1n) is 4.21. The molecule has 0 bridgehead atoms. The van der Waals surface area contributed by atoms with E-state index in [1.165, 1.54) is 0 Å². The van der Waals surface area contributed by atoms with Gasteiger partial charge in [-0.05, 0) is 12.8 Å². The molecule has 0 aromatic rings. The lowest BCUT2D eigenvalue weighted by Crippen LogP contribution is -2.32. The summed E-state index contributed by atoms with van der Waals surface area (Å²) in [5.74, 6) is -0.994. The van der Waals surface area contributed by atoms with Gasteiger partial charge in [0.25, 0.3) is 0 Å². The number of ether oxygens (including phenoxy) is 1. The first kappa shape index (κ1) is 11.4. The summed E-state index contributed by atoms with van der Waals surface area (Å²) in [6.45, 7) is 0.141. The summed E-state index contributed by atoms with van der Waals surface area (Å²) in [5.41, 5.74) is 0. The molecule has 2 unspecified atom stereocenters. The highest BCUT2D eigenvalue weighted by molar-refractivity contribution is 7.88. The van der Waals surface area contributed by atoms with Crippen molar-refractivity contribution in [1.29, 1.82) is 0 Å². The highest BCUT2D eigenvalue weighted by Crippen LogP contribution is 2.19. The summed E-state index contributed by atoms with van der Waals surface area (Å²) < 4.78 is 28.8. The molecule has 1 fully saturated rings. The van der Waals surface area contributed by atoms with Crippen LogP contribution in [0.1, 0.15) is 12.8 Å². The molecule has 0 aliphatic carbocycles. The van der Waals surface area contributed by atoms with E-state index in [0.29, 0.717) is 12.8 Å². The Morgan fingerprint density at radius 1 is 1.57 bits per heavy atom. The molecule has 6 nitrogen and oxygen atoms in total. The summed E-state index contributed by atoms with van der Waals surface area (Å²) in [6, 6.07) is 0. The summed E-state index contributed by atoms with van der Waals surface area (Å²) in [4.78, 5) is 10.5. The molecule has 0 saturated carbocycles. The van der Waals surface area contributed by atoms with E-state index in [-0.39, 0.29) is 12.6 Å². The van der Waals surface area contributed by atoms with E-state index in [2.05, 4.69) is 4.72 Å². The van der Waals surface area contributed by atoms with Gasteiger partial charge in [-0.1, -0.05) is 0 Å². The second kappa shape index (κ2) is 4.24. The molecular formula is C7H13NO5S. The number of rotatable bonds is 4. The van der Waals surface area contributed by atoms with Crippen LogP contribution in [0.2, 0.25) is 0 Å². The van der Waals surface area contributed by atoms with Crippen molar-refractivity contribution in [3.8, 4) is 0 Å². The fourth-order valence-electron chi connectivity index (χ4n) is 1.28. The summed E-state index contributed by atoms with van der Waals surface area (Å²) >= 11 is 0. The molecule has 2 atom stereocenters. The van der Waals surface area contributed by atoms with Crippen molar-refractivity contribution in [2.24, 2.45) is 0 Å². The Hall–Kier alpha value is -0.660. The maximum absolute atomic E-state index is 10.7. The minimum absolute atomic E-state index is 0.141. The van der Waals surface area contributed by atoms with Crippen LogP contribution in [0.15, 0.2) is 0 Å². The standard InChI is InChI=1S/C7H13NO5S/c1-14(11,12)8-4-5-2-3-6(13-5)7(9)10/h5-6,8H,2-4H2,1H3,(H,9,10). The molecule has 1 heterocycles. The van der Waals surface area contributed by atoms with Gasteiger partial charge in [-0.3, -0.25) is 0 Å². The number of hydrogen-bond acceptors (Lipinski definition) is 4. The Kier molecular flexibility index (Phi) is 3.46. The van der Waals surface area contributed by atoms with Crippen LogP contribution in [0.5, 0.6) is 0 Å². The molecule has 7 heteroatoms. The number of aliphatic carboxylic acids is 1. The van der Waals surface area contributed by atoms with Crippen LogP contribution >= 0.6 is 0 Å². The second-order valence-corrected chi connectivity index (χ2v) is 5.12. The van der Waals surface area contributed by atoms with Gasteiger partial charge >= 0.3 is 5.97 Å². The molecule has 1 aliphatic heterocycles. The number of carboxylic acid groups (broad SMARTS) is 1. The topological polar surface area (TPSA) is 92.7 Å². The van der Waals surface area contributed by atoms with Crippen LogP contribution in [-0.4, -0.2) is 44.5 Å². The van der Waals surface area contributed by atoms with E-state index in [4.69, 9.17) is 9.84 Å². The van der Waals surface area contributed by atoms with E-state index in [1.54, 1.807) is 0 Å². The average Bonchev–Trinajstić information content (AvgIpc) is 2.47. The lowest BCUT2D eigenvalue weighted by atomic mass is 10.2. The fourth-order valence-corrected chi connectivity index (χ4v) is 1.77. The zero-order chi connectivity index (χ0) is 10.8. The smallest absolute Gasteiger partial charge is 0.332 e. The van der Waals surface area contributed by atoms with Gasteiger partial charge < -0.3 is 9.84 Å². The van der Waals surface area contributed by atoms with Crippen molar-refractivity contribution in [1.82, 2.24) is 4.72 Å². The monoisotopic (exact) mass is 223 g/mol. The predicted molar refractivity (Wildman–Crippen MR) is 48.4 cm³/mol. The van der Waals surface area contributed by atoms with Gasteiger partial charge in [-0.25, -0.2) is 17.9 Å². The van der Waals surface area contributed by atoms with Crippen molar-refractivity contribution in [2.75, 3.05) is 12.8 Å². The molecule has 0 spiro atoms. The molecule has 2 N–H and O–H groups in total. The molecule has 0 aromatic heterocycles. The van der Waals surface area contributed by atoms with Gasteiger partial charge in [0.2, 0.25) is 10.0 Å². The van der Waals surface area contributed by atoms with Gasteiger partial charge in [0.1, 0.15) is 0 Å². The number of hydrogen-bond donors (Lipinski definition) is 2. The predicted octanol–water partition coefficient (Wildman–Crippen LogP) is -0.832. The largest absolute Gasteiger partial charge is 0.479 e. The van der Waals surface area contributed by atoms with Gasteiger partial charge in [-0.15, -0.1) is 0 Å². The molecule has 1 saturated heterocycles. The van der Waals surface area contributed by atoms with Crippen LogP contribution in [0.3, 0.4) is 0 Å². The maximum Gasteiger partial charge on any atom is 0.332 e. The highest BCUT2D eigenvalue weighted by atomic mass is 32.2. The Balaban J connectivity index is 2.33. The third kappa shape index (κ3) is 3.60. The quantitative estimate of drug-likeness (QED) is 0.648. The van der Waals surface area contributed by atoms with Gasteiger partial charge in [0.05, 0.1) is 12.4 Å². The minimum atomic E-state index is -3.23. The van der Waals surface area contributed by atoms with E-state index in [1.807, 2.05) is 0 Å². The fraction of sp³-hybridized carbons (Fsp3) is 0.857. The molecule has 1 rings (SSSR count). The third-order valence-electron chi connectivity index (χ3n) is 1.96. The van der Waals surface area contributed by atoms with Crippen molar-refractivity contribution >= 4 is 16.0 Å². The molecule has 82 valence electrons. The minimum Gasteiger partial charge on any atom is -0.479 e. The van der Waals surface area contributed by atoms with Gasteiger partial charge in [0.15, 0.2) is 6.10 Å². The molecule has 1 aliphatic rings. The number of sulfonamides is 1. The molecule has 14 heavy (non-hydrogen) atoms. The molecular weight excluding hydrogens is 210 g/mol. The van der Waals surface area contributed by atoms with Crippen molar-refractivity contribution in [3.05, 3.63) is 0 Å². The van der Waals surface area contributed by atoms with Crippen molar-refractivity contribution < 1.29 is 23.1 Å². The average molecular weight is 223 g/mol. The summed E-state index contributed by atoms with van der Waals surface area (Å²) in [6.07, 6.45) is 0.939. The highest BCUT2D eigenvalue weighted by Gasteiger charge is 2.30. The van der Waals surface area contributed by atoms with E-state index in [0.717, 1.165) is 6.26 Å². The Morgan fingerprint density at radius 3 is 2.64 bits per heavy atom. The number of nitrogens with one attached hydrogen (secondary N) is 1. The maximum atomic E-state index is 10.7. The lowest BCUT2D eigenvalue weighted by Gasteiger charge is -2.10. The number of carboxylic acids is 1. The first-order valence-corrected chi connectivity index (χ1v) is 6.10. The van der Waals surface area contributed by atoms with E-state index in [9.17, 15) is 13.2 Å². The molecule has 0 aromatic carbocycles. The van der Waals surface area contributed by atoms with Gasteiger partial charge in [-0.2, -0.15) is 0 Å². The van der Waals surface area contributed by atoms with E-state index >= 15 is 0 Å². The third-order valence-corrected chi connectivity index (χ3v) is 2.65. The zero-order valence-electron chi connectivity index (χ0n) is 7.76. The molecule has 0 radical (unpaired) electrons. The summed E-state index contributed by atoms with van der Waals surface area (Å²) in [5, 5.41) is 8.60. The lowest BCUT2D eigenvalue weighted by molar-refractivity contribution is -0.149. The molecule has 0 amide bonds. The van der Waals surface area contributed by atoms with E-state index < -0.39 is 22.1 Å². The van der Waals surface area contributed by atoms with Crippen LogP contribution in [0, 0.1) is 0 Å². The van der Waals surface area contributed by atoms with Crippen molar-refractivity contribution in [3.63, 3.8) is 0 Å². The summed E-state index contributed by atoms with van der Waals surface area (Å²) in [7, 11) is -3.23. The second-order valence-electron chi connectivity index (χ2n) is 3.28. The number of carbonyl (C=O) groups is 1. The Labute approximate surface area is 82.3 Å².